The number of nitrogens with two attached hydrogens (primary N) is 1. The van der Waals surface area contributed by atoms with Crippen molar-refractivity contribution in [2.45, 2.75) is 52.0 Å². The van der Waals surface area contributed by atoms with Gasteiger partial charge in [0.05, 0.1) is 6.61 Å². The van der Waals surface area contributed by atoms with E-state index in [4.69, 9.17) is 10.5 Å². The van der Waals surface area contributed by atoms with Gasteiger partial charge in [-0.25, -0.2) is 0 Å². The molecule has 0 amide bonds. The Morgan fingerprint density at radius 2 is 2.05 bits per heavy atom. The maximum absolute atomic E-state index is 6.02. The van der Waals surface area contributed by atoms with Crippen LogP contribution in [0.5, 0.6) is 5.75 Å². The molecule has 0 aliphatic carbocycles. The number of nitrogen functional groups attached to an aromatic ring is 1. The zero-order valence-electron chi connectivity index (χ0n) is 12.2. The first-order chi connectivity index (χ1) is 9.24. The molecular formula is C16H26N2O. The van der Waals surface area contributed by atoms with Gasteiger partial charge < -0.3 is 15.4 Å². The van der Waals surface area contributed by atoms with Gasteiger partial charge >= 0.3 is 0 Å². The second-order valence-corrected chi connectivity index (χ2v) is 5.30. The molecule has 3 heteroatoms. The van der Waals surface area contributed by atoms with Crippen LogP contribution in [-0.4, -0.2) is 19.2 Å². The third-order valence-electron chi connectivity index (χ3n) is 3.90. The fourth-order valence-corrected chi connectivity index (χ4v) is 2.96. The quantitative estimate of drug-likeness (QED) is 0.838. The maximum atomic E-state index is 6.02. The second-order valence-electron chi connectivity index (χ2n) is 5.30. The van der Waals surface area contributed by atoms with Crippen molar-refractivity contribution < 1.29 is 4.74 Å². The minimum absolute atomic E-state index is 0.638. The number of ether oxygens (including phenoxy) is 1. The number of hydrogen-bond donors (Lipinski definition) is 1. The zero-order valence-corrected chi connectivity index (χ0v) is 12.2. The lowest BCUT2D eigenvalue weighted by atomic mass is 10.1. The number of benzene rings is 1. The lowest BCUT2D eigenvalue weighted by Crippen LogP contribution is -2.34. The standard InChI is InChI=1S/C16H26N2O/c1-3-14-8-6-5-7-9-18(14)15-10-13(17)11-16(12-15)19-4-2/h10-12,14H,3-9,17H2,1-2H3. The lowest BCUT2D eigenvalue weighted by molar-refractivity contribution is 0.340. The molecule has 0 aromatic heterocycles. The molecule has 3 nitrogen and oxygen atoms in total. The van der Waals surface area contributed by atoms with Gasteiger partial charge in [-0.3, -0.25) is 0 Å². The normalized spacial score (nSPS) is 20.1. The molecule has 0 spiro atoms. The van der Waals surface area contributed by atoms with E-state index in [1.165, 1.54) is 37.8 Å². The molecule has 1 heterocycles. The monoisotopic (exact) mass is 262 g/mol. The van der Waals surface area contributed by atoms with E-state index in [-0.39, 0.29) is 0 Å². The highest BCUT2D eigenvalue weighted by molar-refractivity contribution is 5.61. The minimum atomic E-state index is 0.638. The Morgan fingerprint density at radius 1 is 1.21 bits per heavy atom. The molecule has 1 aromatic rings. The van der Waals surface area contributed by atoms with Gasteiger partial charge in [0.15, 0.2) is 0 Å². The van der Waals surface area contributed by atoms with E-state index in [9.17, 15) is 0 Å². The van der Waals surface area contributed by atoms with Gasteiger partial charge in [-0.05, 0) is 32.3 Å². The summed E-state index contributed by atoms with van der Waals surface area (Å²) in [5.41, 5.74) is 8.03. The first-order valence-electron chi connectivity index (χ1n) is 7.54. The largest absolute Gasteiger partial charge is 0.494 e. The number of hydrogen-bond acceptors (Lipinski definition) is 3. The maximum Gasteiger partial charge on any atom is 0.123 e. The van der Waals surface area contributed by atoms with Crippen LogP contribution in [0.4, 0.5) is 11.4 Å². The third-order valence-corrected chi connectivity index (χ3v) is 3.90. The molecule has 19 heavy (non-hydrogen) atoms. The van der Waals surface area contributed by atoms with Gasteiger partial charge in [0, 0.05) is 36.1 Å². The molecule has 1 atom stereocenters. The molecular weight excluding hydrogens is 236 g/mol. The SMILES string of the molecule is CCOc1cc(N)cc(N2CCCCCC2CC)c1. The molecule has 1 aromatic carbocycles. The number of rotatable bonds is 4. The van der Waals surface area contributed by atoms with Crippen molar-refractivity contribution in [1.82, 2.24) is 0 Å². The summed E-state index contributed by atoms with van der Waals surface area (Å²) < 4.78 is 5.61. The topological polar surface area (TPSA) is 38.5 Å². The van der Waals surface area contributed by atoms with Gasteiger partial charge in [-0.15, -0.1) is 0 Å². The van der Waals surface area contributed by atoms with E-state index in [1.54, 1.807) is 0 Å². The molecule has 1 aliphatic rings. The van der Waals surface area contributed by atoms with Crippen LogP contribution in [0, 0.1) is 0 Å². The zero-order chi connectivity index (χ0) is 13.7. The summed E-state index contributed by atoms with van der Waals surface area (Å²) in [4.78, 5) is 2.52. The van der Waals surface area contributed by atoms with Gasteiger partial charge in [0.1, 0.15) is 5.75 Å². The molecule has 0 radical (unpaired) electrons. The van der Waals surface area contributed by atoms with Crippen LogP contribution in [0.3, 0.4) is 0 Å². The molecule has 1 aliphatic heterocycles. The van der Waals surface area contributed by atoms with E-state index < -0.39 is 0 Å². The Labute approximate surface area is 116 Å². The highest BCUT2D eigenvalue weighted by Gasteiger charge is 2.20. The van der Waals surface area contributed by atoms with E-state index in [1.807, 2.05) is 13.0 Å². The molecule has 0 bridgehead atoms. The van der Waals surface area contributed by atoms with Crippen molar-refractivity contribution in [3.8, 4) is 5.75 Å². The van der Waals surface area contributed by atoms with Crippen molar-refractivity contribution >= 4 is 11.4 Å². The van der Waals surface area contributed by atoms with Crippen LogP contribution >= 0.6 is 0 Å². The van der Waals surface area contributed by atoms with E-state index >= 15 is 0 Å². The Kier molecular flexibility index (Phi) is 4.94. The van der Waals surface area contributed by atoms with E-state index in [2.05, 4.69) is 24.0 Å². The smallest absolute Gasteiger partial charge is 0.123 e. The Hall–Kier alpha value is -1.38. The molecule has 106 valence electrons. The van der Waals surface area contributed by atoms with Gasteiger partial charge in [-0.1, -0.05) is 19.8 Å². The average Bonchev–Trinajstić information content (AvgIpc) is 2.63. The van der Waals surface area contributed by atoms with Crippen molar-refractivity contribution in [3.05, 3.63) is 18.2 Å². The van der Waals surface area contributed by atoms with Crippen LogP contribution in [0.15, 0.2) is 18.2 Å². The lowest BCUT2D eigenvalue weighted by Gasteiger charge is -2.32. The second kappa shape index (κ2) is 6.69. The summed E-state index contributed by atoms with van der Waals surface area (Å²) in [6.45, 7) is 6.09. The summed E-state index contributed by atoms with van der Waals surface area (Å²) in [5.74, 6) is 0.886. The Morgan fingerprint density at radius 3 is 2.79 bits per heavy atom. The predicted molar refractivity (Wildman–Crippen MR) is 81.9 cm³/mol. The van der Waals surface area contributed by atoms with Crippen molar-refractivity contribution in [2.75, 3.05) is 23.8 Å². The molecule has 1 saturated heterocycles. The highest BCUT2D eigenvalue weighted by Crippen LogP contribution is 2.30. The first-order valence-corrected chi connectivity index (χ1v) is 7.54. The van der Waals surface area contributed by atoms with E-state index in [0.717, 1.165) is 18.0 Å². The highest BCUT2D eigenvalue weighted by atomic mass is 16.5. The summed E-state index contributed by atoms with van der Waals surface area (Å²) in [6.07, 6.45) is 6.44. The first kappa shape index (κ1) is 14.0. The average molecular weight is 262 g/mol. The summed E-state index contributed by atoms with van der Waals surface area (Å²) >= 11 is 0. The fraction of sp³-hybridized carbons (Fsp3) is 0.625. The molecule has 0 saturated carbocycles. The molecule has 1 fully saturated rings. The van der Waals surface area contributed by atoms with Crippen LogP contribution in [0.2, 0.25) is 0 Å². The van der Waals surface area contributed by atoms with Crippen molar-refractivity contribution in [3.63, 3.8) is 0 Å². The summed E-state index contributed by atoms with van der Waals surface area (Å²) in [7, 11) is 0. The van der Waals surface area contributed by atoms with Gasteiger partial charge in [0.2, 0.25) is 0 Å². The van der Waals surface area contributed by atoms with Gasteiger partial charge in [0.25, 0.3) is 0 Å². The molecule has 1 unspecified atom stereocenters. The minimum Gasteiger partial charge on any atom is -0.494 e. The van der Waals surface area contributed by atoms with Gasteiger partial charge in [-0.2, -0.15) is 0 Å². The molecule has 2 N–H and O–H groups in total. The fourth-order valence-electron chi connectivity index (χ4n) is 2.96. The third kappa shape index (κ3) is 3.55. The van der Waals surface area contributed by atoms with Crippen molar-refractivity contribution in [2.24, 2.45) is 0 Å². The van der Waals surface area contributed by atoms with Crippen LogP contribution in [0.1, 0.15) is 46.0 Å². The summed E-state index contributed by atoms with van der Waals surface area (Å²) in [6, 6.07) is 6.76. The van der Waals surface area contributed by atoms with E-state index in [0.29, 0.717) is 12.6 Å². The predicted octanol–water partition coefficient (Wildman–Crippen LogP) is 3.83. The summed E-state index contributed by atoms with van der Waals surface area (Å²) in [5, 5.41) is 0. The number of nitrogens with zero attached hydrogens (tertiary/aromatic N) is 1. The van der Waals surface area contributed by atoms with Crippen LogP contribution in [-0.2, 0) is 0 Å². The van der Waals surface area contributed by atoms with Crippen LogP contribution in [0.25, 0.3) is 0 Å². The Balaban J connectivity index is 2.26. The van der Waals surface area contributed by atoms with Crippen LogP contribution < -0.4 is 15.4 Å². The molecule has 2 rings (SSSR count). The van der Waals surface area contributed by atoms with Crippen molar-refractivity contribution in [1.29, 1.82) is 0 Å². The number of anilines is 2. The Bertz CT molecular complexity index is 406.